The van der Waals surface area contributed by atoms with E-state index in [0.717, 1.165) is 16.4 Å². The zero-order valence-electron chi connectivity index (χ0n) is 9.69. The van der Waals surface area contributed by atoms with Crippen LogP contribution in [-0.4, -0.2) is 10.7 Å². The fourth-order valence-electron chi connectivity index (χ4n) is 1.42. The number of alkyl halides is 2. The van der Waals surface area contributed by atoms with Gasteiger partial charge in [0.2, 0.25) is 0 Å². The molecule has 0 atom stereocenters. The first-order valence-corrected chi connectivity index (χ1v) is 7.09. The summed E-state index contributed by atoms with van der Waals surface area (Å²) in [5.74, 6) is -2.37. The molecule has 0 amide bonds. The Hall–Kier alpha value is -1.14. The number of hydrogen-bond donors (Lipinski definition) is 1. The third-order valence-corrected chi connectivity index (χ3v) is 3.88. The van der Waals surface area contributed by atoms with Crippen molar-refractivity contribution in [3.8, 4) is 0 Å². The van der Waals surface area contributed by atoms with E-state index in [1.165, 1.54) is 0 Å². The Morgan fingerprint density at radius 3 is 2.61 bits per heavy atom. The van der Waals surface area contributed by atoms with Gasteiger partial charge >= 0.3 is 0 Å². The molecule has 0 aliphatic heterocycles. The lowest BCUT2D eigenvalue weighted by Gasteiger charge is -2.05. The number of rotatable bonds is 5. The van der Waals surface area contributed by atoms with E-state index in [4.69, 9.17) is 0 Å². The smallest absolute Gasteiger partial charge is 0.288 e. The highest BCUT2D eigenvalue weighted by molar-refractivity contribution is 7.99. The minimum absolute atomic E-state index is 0.554. The minimum Gasteiger partial charge on any atom is -0.379 e. The summed E-state index contributed by atoms with van der Waals surface area (Å²) >= 11 is 2.16. The fourth-order valence-corrected chi connectivity index (χ4v) is 2.63. The highest BCUT2D eigenvalue weighted by atomic mass is 32.2. The fraction of sp³-hybridized carbons (Fsp3) is 0.250. The maximum Gasteiger partial charge on any atom is 0.288 e. The van der Waals surface area contributed by atoms with Crippen molar-refractivity contribution in [2.45, 2.75) is 24.1 Å². The Labute approximate surface area is 112 Å². The quantitative estimate of drug-likeness (QED) is 0.826. The number of nitrogens with zero attached hydrogens (tertiary/aromatic N) is 1. The molecular weight excluding hydrogens is 274 g/mol. The number of anilines is 1. The lowest BCUT2D eigenvalue weighted by Crippen LogP contribution is -1.98. The van der Waals surface area contributed by atoms with Gasteiger partial charge in [0.1, 0.15) is 5.01 Å². The van der Waals surface area contributed by atoms with Gasteiger partial charge in [-0.1, -0.05) is 11.8 Å². The molecule has 1 aromatic carbocycles. The molecule has 0 aliphatic carbocycles. The summed E-state index contributed by atoms with van der Waals surface area (Å²) in [6, 6.07) is 6.97. The van der Waals surface area contributed by atoms with Crippen LogP contribution in [0, 0.1) is 6.92 Å². The zero-order valence-corrected chi connectivity index (χ0v) is 11.3. The first kappa shape index (κ1) is 13.3. The third kappa shape index (κ3) is 3.96. The van der Waals surface area contributed by atoms with Gasteiger partial charge < -0.3 is 5.32 Å². The van der Waals surface area contributed by atoms with E-state index in [-0.39, 0.29) is 0 Å². The largest absolute Gasteiger partial charge is 0.379 e. The topological polar surface area (TPSA) is 24.9 Å². The highest BCUT2D eigenvalue weighted by Gasteiger charge is 2.04. The molecule has 18 heavy (non-hydrogen) atoms. The molecule has 0 spiro atoms. The predicted octanol–water partition coefficient (Wildman–Crippen LogP) is 4.38. The first-order valence-electron chi connectivity index (χ1n) is 5.33. The van der Waals surface area contributed by atoms with Gasteiger partial charge in [0.05, 0.1) is 6.54 Å². The molecule has 2 nitrogen and oxygen atoms in total. The minimum atomic E-state index is -2.37. The first-order chi connectivity index (χ1) is 8.63. The Bertz CT molecular complexity index is 497. The van der Waals surface area contributed by atoms with Crippen LogP contribution in [0.1, 0.15) is 10.7 Å². The second kappa shape index (κ2) is 6.15. The van der Waals surface area contributed by atoms with Crippen LogP contribution in [0.25, 0.3) is 0 Å². The Morgan fingerprint density at radius 2 is 2.06 bits per heavy atom. The molecule has 2 aromatic rings. The third-order valence-electron chi connectivity index (χ3n) is 2.19. The van der Waals surface area contributed by atoms with Gasteiger partial charge in [-0.25, -0.2) is 4.98 Å². The van der Waals surface area contributed by atoms with Crippen molar-refractivity contribution in [2.75, 3.05) is 5.32 Å². The van der Waals surface area contributed by atoms with Gasteiger partial charge in [0, 0.05) is 21.7 Å². The van der Waals surface area contributed by atoms with Gasteiger partial charge in [-0.2, -0.15) is 8.78 Å². The molecule has 1 aromatic heterocycles. The molecule has 6 heteroatoms. The summed E-state index contributed by atoms with van der Waals surface area (Å²) in [5.41, 5.74) is 1.92. The molecule has 0 radical (unpaired) electrons. The number of aryl methyl sites for hydroxylation is 1. The Kier molecular flexibility index (Phi) is 4.54. The van der Waals surface area contributed by atoms with Crippen molar-refractivity contribution >= 4 is 28.8 Å². The van der Waals surface area contributed by atoms with Crippen molar-refractivity contribution in [1.29, 1.82) is 0 Å². The molecule has 0 saturated carbocycles. The van der Waals surface area contributed by atoms with Crippen molar-refractivity contribution < 1.29 is 8.78 Å². The second-order valence-electron chi connectivity index (χ2n) is 3.64. The van der Waals surface area contributed by atoms with E-state index in [2.05, 4.69) is 10.3 Å². The predicted molar refractivity (Wildman–Crippen MR) is 72.5 cm³/mol. The standard InChI is InChI=1S/C12H12F2N2S2/c1-8-7-17-11(16-8)6-15-9-2-4-10(5-3-9)18-12(13)14/h2-5,7,12,15H,6H2,1H3. The average Bonchev–Trinajstić information content (AvgIpc) is 2.74. The van der Waals surface area contributed by atoms with Crippen molar-refractivity contribution in [3.63, 3.8) is 0 Å². The van der Waals surface area contributed by atoms with Gasteiger partial charge in [-0.05, 0) is 31.2 Å². The molecule has 2 rings (SSSR count). The summed E-state index contributed by atoms with van der Waals surface area (Å²) in [4.78, 5) is 4.91. The lowest BCUT2D eigenvalue weighted by atomic mass is 10.3. The summed E-state index contributed by atoms with van der Waals surface area (Å²) < 4.78 is 24.3. The van der Waals surface area contributed by atoms with E-state index in [1.54, 1.807) is 35.6 Å². The van der Waals surface area contributed by atoms with Crippen LogP contribution < -0.4 is 5.32 Å². The van der Waals surface area contributed by atoms with Crippen LogP contribution >= 0.6 is 23.1 Å². The lowest BCUT2D eigenvalue weighted by molar-refractivity contribution is 0.252. The van der Waals surface area contributed by atoms with Crippen LogP contribution in [0.3, 0.4) is 0 Å². The van der Waals surface area contributed by atoms with Gasteiger partial charge in [0.25, 0.3) is 5.76 Å². The molecule has 0 bridgehead atoms. The highest BCUT2D eigenvalue weighted by Crippen LogP contribution is 2.26. The van der Waals surface area contributed by atoms with Gasteiger partial charge in [0.15, 0.2) is 0 Å². The second-order valence-corrected chi connectivity index (χ2v) is 5.65. The number of nitrogens with one attached hydrogen (secondary N) is 1. The normalized spacial score (nSPS) is 10.9. The summed E-state index contributed by atoms with van der Waals surface area (Å²) in [5, 5.41) is 6.22. The van der Waals surface area contributed by atoms with Crippen LogP contribution in [-0.2, 0) is 6.54 Å². The number of thiazole rings is 1. The van der Waals surface area contributed by atoms with Crippen LogP contribution in [0.15, 0.2) is 34.5 Å². The van der Waals surface area contributed by atoms with Crippen molar-refractivity contribution in [3.05, 3.63) is 40.3 Å². The average molecular weight is 286 g/mol. The Balaban J connectivity index is 1.90. The SMILES string of the molecule is Cc1csc(CNc2ccc(SC(F)F)cc2)n1. The molecule has 1 N–H and O–H groups in total. The molecule has 0 fully saturated rings. The number of aromatic nitrogens is 1. The summed E-state index contributed by atoms with van der Waals surface area (Å²) in [6.07, 6.45) is 0. The van der Waals surface area contributed by atoms with Crippen LogP contribution in [0.2, 0.25) is 0 Å². The van der Waals surface area contributed by atoms with E-state index in [9.17, 15) is 8.78 Å². The number of benzene rings is 1. The van der Waals surface area contributed by atoms with E-state index in [1.807, 2.05) is 12.3 Å². The maximum atomic E-state index is 12.1. The number of halogens is 2. The molecule has 96 valence electrons. The Morgan fingerprint density at radius 1 is 1.33 bits per heavy atom. The zero-order chi connectivity index (χ0) is 13.0. The summed E-state index contributed by atoms with van der Waals surface area (Å²) in [6.45, 7) is 2.61. The molecule has 0 aliphatic rings. The number of hydrogen-bond acceptors (Lipinski definition) is 4. The van der Waals surface area contributed by atoms with Crippen LogP contribution in [0.5, 0.6) is 0 Å². The number of thioether (sulfide) groups is 1. The van der Waals surface area contributed by atoms with Crippen LogP contribution in [0.4, 0.5) is 14.5 Å². The van der Waals surface area contributed by atoms with Gasteiger partial charge in [-0.15, -0.1) is 11.3 Å². The van der Waals surface area contributed by atoms with E-state index in [0.29, 0.717) is 23.2 Å². The van der Waals surface area contributed by atoms with Crippen molar-refractivity contribution in [1.82, 2.24) is 4.98 Å². The van der Waals surface area contributed by atoms with E-state index >= 15 is 0 Å². The molecule has 0 unspecified atom stereocenters. The molecular formula is C12H12F2N2S2. The van der Waals surface area contributed by atoms with E-state index < -0.39 is 5.76 Å². The molecule has 0 saturated heterocycles. The summed E-state index contributed by atoms with van der Waals surface area (Å²) in [7, 11) is 0. The monoisotopic (exact) mass is 286 g/mol. The maximum absolute atomic E-state index is 12.1. The van der Waals surface area contributed by atoms with Crippen molar-refractivity contribution in [2.24, 2.45) is 0 Å². The molecule has 1 heterocycles. The van der Waals surface area contributed by atoms with Gasteiger partial charge in [-0.3, -0.25) is 0 Å².